The molecule has 0 spiro atoms. The third kappa shape index (κ3) is 10.5. The highest BCUT2D eigenvalue weighted by Crippen LogP contribution is 2.53. The number of nitrogens with zero attached hydrogens (tertiary/aromatic N) is 5. The van der Waals surface area contributed by atoms with Gasteiger partial charge in [0.05, 0.1) is 34.7 Å². The molecule has 0 radical (unpaired) electrons. The average Bonchev–Trinajstić information content (AvgIpc) is 1.55. The van der Waals surface area contributed by atoms with E-state index in [1.807, 2.05) is 18.3 Å². The standard InChI is InChI=1S/C79H83N5OS/c1-74(2,3)50-34-35-81-69(44-50)84-67-33-32-62-61-26-23-27-64(80-19)72(61)86-73(62)70(67)63-31-30-57(46-68(63)84)85-58-43-55(79(16,17)18)42-56(45-58)82-47-83(66-29-21-20-28-65(66)82)71-59(48-36-51(75(4,5)6)40-52(37-48)76(7,8)9)24-22-25-60(71)49-38-53(77(10,11)12)41-54(39-49)78(13,14)15/h20-46H,47H2,1-18H3. The molecule has 12 rings (SSSR count). The van der Waals surface area contributed by atoms with Crippen molar-refractivity contribution in [2.75, 3.05) is 16.5 Å². The van der Waals surface area contributed by atoms with Crippen LogP contribution in [-0.2, 0) is 32.5 Å². The van der Waals surface area contributed by atoms with Crippen LogP contribution in [0.5, 0.6) is 11.5 Å². The molecule has 8 aromatic carbocycles. The number of hydrogen-bond donors (Lipinski definition) is 0. The molecule has 1 aliphatic rings. The lowest BCUT2D eigenvalue weighted by atomic mass is 9.77. The van der Waals surface area contributed by atoms with Gasteiger partial charge in [0, 0.05) is 55.3 Å². The molecule has 0 N–H and O–H groups in total. The van der Waals surface area contributed by atoms with E-state index in [9.17, 15) is 0 Å². The lowest BCUT2D eigenvalue weighted by Gasteiger charge is -2.31. The van der Waals surface area contributed by atoms with Crippen molar-refractivity contribution in [3.8, 4) is 39.6 Å². The number of benzene rings is 8. The van der Waals surface area contributed by atoms with Gasteiger partial charge in [-0.2, -0.15) is 0 Å². The number of rotatable bonds is 7. The van der Waals surface area contributed by atoms with Crippen molar-refractivity contribution in [3.05, 3.63) is 209 Å². The number of anilines is 4. The van der Waals surface area contributed by atoms with E-state index in [1.54, 1.807) is 11.3 Å². The van der Waals surface area contributed by atoms with Crippen LogP contribution in [0.3, 0.4) is 0 Å². The maximum Gasteiger partial charge on any atom is 0.204 e. The van der Waals surface area contributed by atoms with Gasteiger partial charge in [-0.05, 0) is 142 Å². The molecule has 0 saturated carbocycles. The van der Waals surface area contributed by atoms with Gasteiger partial charge in [0.1, 0.15) is 24.0 Å². The van der Waals surface area contributed by atoms with E-state index in [0.29, 0.717) is 12.4 Å². The van der Waals surface area contributed by atoms with Gasteiger partial charge in [0.15, 0.2) is 0 Å². The van der Waals surface area contributed by atoms with Crippen molar-refractivity contribution < 1.29 is 4.74 Å². The zero-order valence-electron chi connectivity index (χ0n) is 53.8. The summed E-state index contributed by atoms with van der Waals surface area (Å²) in [5, 5.41) is 4.52. The van der Waals surface area contributed by atoms with Crippen LogP contribution < -0.4 is 14.5 Å². The Labute approximate surface area is 514 Å². The Balaban J connectivity index is 1.03. The predicted molar refractivity (Wildman–Crippen MR) is 369 cm³/mol. The lowest BCUT2D eigenvalue weighted by Crippen LogP contribution is -2.25. The first-order chi connectivity index (χ1) is 40.3. The van der Waals surface area contributed by atoms with Crippen molar-refractivity contribution in [1.82, 2.24) is 9.55 Å². The number of aromatic nitrogens is 2. The Morgan fingerprint density at radius 1 is 0.442 bits per heavy atom. The number of thiophene rings is 1. The van der Waals surface area contributed by atoms with E-state index >= 15 is 0 Å². The molecule has 0 aliphatic carbocycles. The van der Waals surface area contributed by atoms with E-state index in [4.69, 9.17) is 16.3 Å². The molecule has 0 bridgehead atoms. The predicted octanol–water partition coefficient (Wildman–Crippen LogP) is 23.3. The number of hydrogen-bond acceptors (Lipinski definition) is 5. The summed E-state index contributed by atoms with van der Waals surface area (Å²) >= 11 is 1.71. The maximum atomic E-state index is 8.04. The molecule has 0 atom stereocenters. The summed E-state index contributed by atoms with van der Waals surface area (Å²) < 4.78 is 11.7. The topological polar surface area (TPSA) is 37.9 Å². The van der Waals surface area contributed by atoms with E-state index < -0.39 is 0 Å². The van der Waals surface area contributed by atoms with Gasteiger partial charge in [0.2, 0.25) is 5.69 Å². The highest BCUT2D eigenvalue weighted by atomic mass is 32.1. The van der Waals surface area contributed by atoms with Crippen molar-refractivity contribution in [2.45, 2.75) is 157 Å². The third-order valence-corrected chi connectivity index (χ3v) is 18.9. The Kier molecular flexibility index (Phi) is 13.9. The first kappa shape index (κ1) is 58.2. The molecule has 6 nitrogen and oxygen atoms in total. The number of para-hydroxylation sites is 3. The van der Waals surface area contributed by atoms with E-state index in [-0.39, 0.29) is 32.5 Å². The molecule has 436 valence electrons. The number of pyridine rings is 1. The highest BCUT2D eigenvalue weighted by Gasteiger charge is 2.34. The van der Waals surface area contributed by atoms with Gasteiger partial charge in [-0.1, -0.05) is 216 Å². The maximum absolute atomic E-state index is 8.04. The normalized spacial score (nSPS) is 13.6. The average molecular weight is 1150 g/mol. The number of fused-ring (bicyclic) bond motifs is 8. The molecule has 0 saturated heterocycles. The van der Waals surface area contributed by atoms with Crippen molar-refractivity contribution in [3.63, 3.8) is 0 Å². The third-order valence-electron chi connectivity index (χ3n) is 17.6. The molecule has 4 heterocycles. The van der Waals surface area contributed by atoms with Crippen molar-refractivity contribution in [2.24, 2.45) is 0 Å². The molecule has 7 heteroatoms. The molecule has 0 unspecified atom stereocenters. The largest absolute Gasteiger partial charge is 0.457 e. The minimum atomic E-state index is -0.207. The van der Waals surface area contributed by atoms with E-state index in [1.165, 1.54) is 61.3 Å². The van der Waals surface area contributed by atoms with Crippen LogP contribution in [-0.4, -0.2) is 16.2 Å². The second kappa shape index (κ2) is 20.5. The summed E-state index contributed by atoms with van der Waals surface area (Å²) in [6.07, 6.45) is 1.94. The minimum Gasteiger partial charge on any atom is -0.457 e. The first-order valence-electron chi connectivity index (χ1n) is 30.6. The van der Waals surface area contributed by atoms with Crippen LogP contribution in [0.15, 0.2) is 164 Å². The summed E-state index contributed by atoms with van der Waals surface area (Å²) in [4.78, 5) is 14.1. The van der Waals surface area contributed by atoms with Gasteiger partial charge >= 0.3 is 0 Å². The van der Waals surface area contributed by atoms with Crippen LogP contribution in [0.25, 0.3) is 74.9 Å². The molecular formula is C79H83N5OS. The minimum absolute atomic E-state index is 0.0675. The second-order valence-electron chi connectivity index (χ2n) is 30.2. The summed E-state index contributed by atoms with van der Waals surface area (Å²) in [6, 6.07) is 58.9. The van der Waals surface area contributed by atoms with E-state index in [0.717, 1.165) is 76.4 Å². The van der Waals surface area contributed by atoms with E-state index in [2.05, 4.69) is 289 Å². The smallest absolute Gasteiger partial charge is 0.204 e. The van der Waals surface area contributed by atoms with Crippen LogP contribution in [0.4, 0.5) is 28.4 Å². The van der Waals surface area contributed by atoms with Crippen molar-refractivity contribution in [1.29, 1.82) is 0 Å². The lowest BCUT2D eigenvalue weighted by molar-refractivity contribution is 0.479. The first-order valence-corrected chi connectivity index (χ1v) is 31.4. The van der Waals surface area contributed by atoms with Crippen LogP contribution >= 0.6 is 11.3 Å². The summed E-state index contributed by atoms with van der Waals surface area (Å²) in [7, 11) is 0. The molecule has 0 amide bonds. The Hall–Kier alpha value is -8.18. The molecule has 3 aromatic heterocycles. The summed E-state index contributed by atoms with van der Waals surface area (Å²) in [5.41, 5.74) is 19.2. The highest BCUT2D eigenvalue weighted by molar-refractivity contribution is 7.27. The molecular weight excluding hydrogens is 1070 g/mol. The van der Waals surface area contributed by atoms with Crippen molar-refractivity contribution >= 4 is 81.8 Å². The van der Waals surface area contributed by atoms with Gasteiger partial charge in [0.25, 0.3) is 0 Å². The second-order valence-corrected chi connectivity index (χ2v) is 31.2. The fourth-order valence-electron chi connectivity index (χ4n) is 12.3. The quantitative estimate of drug-likeness (QED) is 0.149. The number of ether oxygens (including phenoxy) is 1. The van der Waals surface area contributed by atoms with Crippen LogP contribution in [0.1, 0.15) is 158 Å². The fourth-order valence-corrected chi connectivity index (χ4v) is 13.6. The zero-order chi connectivity index (χ0) is 61.4. The Morgan fingerprint density at radius 3 is 1.52 bits per heavy atom. The van der Waals surface area contributed by atoms with Gasteiger partial charge in [-0.3, -0.25) is 4.57 Å². The monoisotopic (exact) mass is 1150 g/mol. The molecule has 86 heavy (non-hydrogen) atoms. The molecule has 11 aromatic rings. The van der Waals surface area contributed by atoms with Gasteiger partial charge in [-0.25, -0.2) is 9.83 Å². The fraction of sp³-hybridized carbons (Fsp3) is 0.316. The summed E-state index contributed by atoms with van der Waals surface area (Å²) in [6.45, 7) is 50.2. The SMILES string of the molecule is [C-]#[N+]c1cccc2c1sc1c2ccc2c1c1ccc(Oc3cc(N4CN(c5c(-c6cc(C(C)(C)C)cc(C(C)(C)C)c6)cccc5-c5cc(C(C)(C)C)cc(C(C)(C)C)c5)c5ccccc54)cc(C(C)(C)C)c3)cc1n2-c1cc(C(C)(C)C)ccn1. The Morgan fingerprint density at radius 2 is 0.965 bits per heavy atom. The molecule has 0 fully saturated rings. The Bertz CT molecular complexity index is 4400. The zero-order valence-corrected chi connectivity index (χ0v) is 54.7. The van der Waals surface area contributed by atoms with Gasteiger partial charge < -0.3 is 14.5 Å². The summed E-state index contributed by atoms with van der Waals surface area (Å²) in [5.74, 6) is 2.35. The molecule has 1 aliphatic heterocycles. The van der Waals surface area contributed by atoms with Crippen LogP contribution in [0.2, 0.25) is 0 Å². The van der Waals surface area contributed by atoms with Crippen LogP contribution in [0, 0.1) is 6.57 Å². The van der Waals surface area contributed by atoms with Gasteiger partial charge in [-0.15, -0.1) is 11.3 Å².